The van der Waals surface area contributed by atoms with Crippen molar-refractivity contribution < 1.29 is 79.1 Å². The van der Waals surface area contributed by atoms with Crippen molar-refractivity contribution in [3.05, 3.63) is 191 Å². The molecule has 0 spiro atoms. The number of amidine groups is 2. The summed E-state index contributed by atoms with van der Waals surface area (Å²) in [6.45, 7) is 13.0. The van der Waals surface area contributed by atoms with Gasteiger partial charge in [-0.05, 0) is 112 Å². The number of hydrogen-bond acceptors (Lipinski definition) is 18. The number of halogens is 7. The van der Waals surface area contributed by atoms with Gasteiger partial charge in [0, 0.05) is 84.6 Å². The highest BCUT2D eigenvalue weighted by atomic mass is 35.5. The van der Waals surface area contributed by atoms with Gasteiger partial charge in [-0.1, -0.05) is 25.5 Å². The molecule has 3 aliphatic heterocycles. The summed E-state index contributed by atoms with van der Waals surface area (Å²) in [6, 6.07) is 17.4. The van der Waals surface area contributed by atoms with Crippen molar-refractivity contribution in [1.82, 2.24) is 15.1 Å². The van der Waals surface area contributed by atoms with Gasteiger partial charge < -0.3 is 34.9 Å². The minimum absolute atomic E-state index is 0.0343. The maximum absolute atomic E-state index is 14.0. The number of para-hydroxylation sites is 1. The number of primary amides is 1. The number of aliphatic imine (C=N–C) groups is 2. The molecule has 0 aliphatic carbocycles. The lowest BCUT2D eigenvalue weighted by Gasteiger charge is -2.36. The van der Waals surface area contributed by atoms with Crippen LogP contribution in [0.3, 0.4) is 0 Å². The van der Waals surface area contributed by atoms with Crippen molar-refractivity contribution in [2.45, 2.75) is 59.5 Å². The second-order valence-electron chi connectivity index (χ2n) is 18.6. The van der Waals surface area contributed by atoms with Gasteiger partial charge in [0.1, 0.15) is 23.6 Å². The molecule has 22 nitrogen and oxygen atoms in total. The molecule has 29 heteroatoms. The van der Waals surface area contributed by atoms with Gasteiger partial charge in [-0.3, -0.25) is 39.5 Å². The van der Waals surface area contributed by atoms with Crippen LogP contribution in [0.4, 0.5) is 53.0 Å². The number of unbranched alkanes of at least 4 members (excludes halogenated alkanes) is 1. The SMILES string of the molecule is CCCCN1CCN(c2ccccc2C(N)=O)CC1.COC1=NC(C)=C(C(C)=O)C(c2cc(F)c(F)c(F)c2)N1C(=O)Oc1ccc([N+](=O)[O-])cc1.COC1=NC(c2cc(F)c(F)c(F)c2)C(C(C)=O)=C(C)N1.O=C(Cl)Oc1ccc([N+](=O)[O-])cc1. The number of piperazine rings is 1. The zero-order valence-corrected chi connectivity index (χ0v) is 47.8. The average molecular weight is 1220 g/mol. The van der Waals surface area contributed by atoms with E-state index in [0.717, 1.165) is 80.1 Å². The van der Waals surface area contributed by atoms with E-state index >= 15 is 0 Å². The van der Waals surface area contributed by atoms with Crippen molar-refractivity contribution in [2.75, 3.05) is 51.8 Å². The lowest BCUT2D eigenvalue weighted by molar-refractivity contribution is -0.385. The van der Waals surface area contributed by atoms with Crippen LogP contribution in [0.2, 0.25) is 0 Å². The zero-order chi connectivity index (χ0) is 63.7. The normalized spacial score (nSPS) is 15.6. The van der Waals surface area contributed by atoms with E-state index in [9.17, 15) is 70.5 Å². The predicted molar refractivity (Wildman–Crippen MR) is 301 cm³/mol. The van der Waals surface area contributed by atoms with Crippen LogP contribution in [0.1, 0.15) is 81.0 Å². The summed E-state index contributed by atoms with van der Waals surface area (Å²) in [4.78, 5) is 92.3. The smallest absolute Gasteiger partial charge is 0.424 e. The second-order valence-corrected chi connectivity index (χ2v) is 18.9. The molecular formula is C57H56ClF6N9O13. The van der Waals surface area contributed by atoms with E-state index in [1.165, 1.54) is 71.7 Å². The Morgan fingerprint density at radius 1 is 0.709 bits per heavy atom. The number of benzene rings is 5. The van der Waals surface area contributed by atoms with Gasteiger partial charge in [0.2, 0.25) is 0 Å². The van der Waals surface area contributed by atoms with Crippen LogP contribution >= 0.6 is 11.6 Å². The van der Waals surface area contributed by atoms with Crippen molar-refractivity contribution in [3.63, 3.8) is 0 Å². The van der Waals surface area contributed by atoms with Gasteiger partial charge in [0.25, 0.3) is 23.3 Å². The first-order valence-electron chi connectivity index (χ1n) is 25.7. The first-order valence-corrected chi connectivity index (χ1v) is 26.1. The van der Waals surface area contributed by atoms with Crippen LogP contribution in [0.5, 0.6) is 11.5 Å². The molecular weight excluding hydrogens is 1170 g/mol. The van der Waals surface area contributed by atoms with Gasteiger partial charge in [0.05, 0.1) is 35.3 Å². The highest BCUT2D eigenvalue weighted by Gasteiger charge is 2.41. The average Bonchev–Trinajstić information content (AvgIpc) is 1.13. The number of nitrogens with one attached hydrogen (secondary N) is 1. The minimum atomic E-state index is -1.72. The molecule has 2 amide bonds. The third-order valence-electron chi connectivity index (χ3n) is 12.8. The van der Waals surface area contributed by atoms with Crippen LogP contribution in [-0.4, -0.2) is 108 Å². The van der Waals surface area contributed by atoms with E-state index < -0.39 is 74.1 Å². The zero-order valence-electron chi connectivity index (χ0n) is 47.0. The van der Waals surface area contributed by atoms with E-state index in [2.05, 4.69) is 36.8 Å². The third kappa shape index (κ3) is 17.4. The first-order chi connectivity index (χ1) is 40.7. The number of rotatable bonds is 13. The van der Waals surface area contributed by atoms with E-state index in [1.807, 2.05) is 18.2 Å². The number of ketones is 2. The minimum Gasteiger partial charge on any atom is -0.468 e. The number of methoxy groups -OCH3 is 2. The number of ether oxygens (including phenoxy) is 4. The molecule has 456 valence electrons. The van der Waals surface area contributed by atoms with Crippen LogP contribution in [0.25, 0.3) is 0 Å². The molecule has 3 N–H and O–H groups in total. The van der Waals surface area contributed by atoms with Crippen LogP contribution in [-0.2, 0) is 19.1 Å². The lowest BCUT2D eigenvalue weighted by Crippen LogP contribution is -2.47. The number of nitro benzene ring substituents is 2. The highest BCUT2D eigenvalue weighted by Crippen LogP contribution is 2.38. The molecule has 2 atom stereocenters. The standard InChI is InChI=1S/C21H16F3N3O6.C15H23N3O.C14H13F3N2O2.C7H4ClNO4/c1-10-17(11(2)28)19(12-8-15(22)18(24)16(23)9-12)26(20(25-10)32-3)21(29)33-14-6-4-13(5-7-14)27(30)31;1-2-3-8-17-9-11-18(12-10-17)14-7-5-4-6-13(14)15(16)19;1-6-11(7(2)20)13(19-14(18-6)21-3)8-4-9(15)12(17)10(16)5-8;8-7(10)13-6-3-1-5(2-4-6)9(11)12/h4-9,19H,1-3H3;4-7H,2-3,8-12H2,1H3,(H2,16,19);4-5,13H,1-3H3,(H,18,19);1-4H. The number of nitrogens with zero attached hydrogens (tertiary/aromatic N) is 7. The molecule has 8 rings (SSSR count). The Labute approximate surface area is 492 Å². The number of carbonyl (C=O) groups is 5. The molecule has 3 heterocycles. The summed E-state index contributed by atoms with van der Waals surface area (Å²) in [5, 5.41) is 23.8. The molecule has 5 aromatic rings. The van der Waals surface area contributed by atoms with Crippen molar-refractivity contribution in [2.24, 2.45) is 15.7 Å². The van der Waals surface area contributed by atoms with Gasteiger partial charge in [-0.25, -0.2) is 50.8 Å². The summed E-state index contributed by atoms with van der Waals surface area (Å²) in [5.74, 6) is -10.2. The number of amides is 2. The summed E-state index contributed by atoms with van der Waals surface area (Å²) in [6.07, 6.45) is 1.33. The molecule has 1 saturated heterocycles. The van der Waals surface area contributed by atoms with E-state index in [1.54, 1.807) is 13.0 Å². The number of Topliss-reactive ketones (excluding diaryl/α,β-unsaturated/α-hetero) is 2. The Morgan fingerprint density at radius 3 is 1.64 bits per heavy atom. The fourth-order valence-electron chi connectivity index (χ4n) is 8.77. The van der Waals surface area contributed by atoms with Gasteiger partial charge in [-0.2, -0.15) is 0 Å². The summed E-state index contributed by atoms with van der Waals surface area (Å²) >= 11 is 4.92. The van der Waals surface area contributed by atoms with Crippen molar-refractivity contribution in [3.8, 4) is 11.5 Å². The fraction of sp³-hybridized carbons (Fsp3) is 0.281. The van der Waals surface area contributed by atoms with E-state index in [0.29, 0.717) is 23.4 Å². The second kappa shape index (κ2) is 30.7. The summed E-state index contributed by atoms with van der Waals surface area (Å²) in [7, 11) is 2.53. The molecule has 0 aromatic heterocycles. The molecule has 0 bridgehead atoms. The topological polar surface area (TPSA) is 281 Å². The maximum Gasteiger partial charge on any atom is 0.424 e. The number of nitrogens with two attached hydrogens (primary N) is 1. The number of hydrogen-bond donors (Lipinski definition) is 2. The largest absolute Gasteiger partial charge is 0.468 e. The molecule has 0 saturated carbocycles. The highest BCUT2D eigenvalue weighted by molar-refractivity contribution is 6.61. The predicted octanol–water partition coefficient (Wildman–Crippen LogP) is 11.1. The van der Waals surface area contributed by atoms with Gasteiger partial charge in [0.15, 0.2) is 46.5 Å². The van der Waals surface area contributed by atoms with Gasteiger partial charge in [-0.15, -0.1) is 0 Å². The number of non-ortho nitro benzene ring substituents is 2. The van der Waals surface area contributed by atoms with Gasteiger partial charge >= 0.3 is 17.5 Å². The van der Waals surface area contributed by atoms with E-state index in [-0.39, 0.29) is 74.6 Å². The van der Waals surface area contributed by atoms with Crippen molar-refractivity contribution in [1.29, 1.82) is 0 Å². The number of allylic oxidation sites excluding steroid dienone is 2. The quantitative estimate of drug-likeness (QED) is 0.0364. The maximum atomic E-state index is 14.0. The number of nitro groups is 2. The number of anilines is 1. The van der Waals surface area contributed by atoms with Crippen LogP contribution < -0.4 is 25.4 Å². The molecule has 86 heavy (non-hydrogen) atoms. The Kier molecular flexibility index (Phi) is 24.0. The molecule has 0 radical (unpaired) electrons. The molecule has 2 unspecified atom stereocenters. The van der Waals surface area contributed by atoms with Crippen LogP contribution in [0.15, 0.2) is 130 Å². The molecule has 5 aromatic carbocycles. The Balaban J connectivity index is 0.000000221. The monoisotopic (exact) mass is 1220 g/mol. The Hall–Kier alpha value is -9.70. The summed E-state index contributed by atoms with van der Waals surface area (Å²) in [5.41, 5.74) is 6.19. The lowest BCUT2D eigenvalue weighted by atomic mass is 9.92. The molecule has 1 fully saturated rings. The Bertz CT molecular complexity index is 3460. The van der Waals surface area contributed by atoms with Crippen molar-refractivity contribution >= 4 is 69.7 Å². The summed E-state index contributed by atoms with van der Waals surface area (Å²) < 4.78 is 101. The molecule has 3 aliphatic rings. The van der Waals surface area contributed by atoms with E-state index in [4.69, 9.17) is 31.5 Å². The first kappa shape index (κ1) is 67.1. The number of carbonyl (C=O) groups excluding carboxylic acids is 5. The van der Waals surface area contributed by atoms with Crippen LogP contribution in [0, 0.1) is 55.1 Å². The fourth-order valence-corrected chi connectivity index (χ4v) is 8.86. The Morgan fingerprint density at radius 2 is 1.20 bits per heavy atom. The third-order valence-corrected chi connectivity index (χ3v) is 12.9.